The molecule has 3 unspecified atom stereocenters. The Labute approximate surface area is 157 Å². The lowest BCUT2D eigenvalue weighted by molar-refractivity contribution is -0.129. The molecule has 0 radical (unpaired) electrons. The number of benzene rings is 1. The Hall–Kier alpha value is -0.730. The highest BCUT2D eigenvalue weighted by Gasteiger charge is 2.33. The van der Waals surface area contributed by atoms with E-state index < -0.39 is 0 Å². The predicted octanol–water partition coefficient (Wildman–Crippen LogP) is 6.24. The molecule has 0 aliphatic carbocycles. The number of likely N-dealkylation sites (tertiary alicyclic amines) is 1. The Kier molecular flexibility index (Phi) is 9.15. The summed E-state index contributed by atoms with van der Waals surface area (Å²) >= 11 is 11.6. The normalized spacial score (nSPS) is 19.7. The minimum atomic E-state index is 0.365. The van der Waals surface area contributed by atoms with Gasteiger partial charge >= 0.3 is 0 Å². The lowest BCUT2D eigenvalue weighted by Gasteiger charge is -2.24. The molecule has 3 atom stereocenters. The zero-order valence-electron chi connectivity index (χ0n) is 15.6. The van der Waals surface area contributed by atoms with Crippen molar-refractivity contribution in [2.24, 2.45) is 11.8 Å². The SMILES string of the molecule is CCC(C)C1CC(=O)N(C(C)CC)C1.CCc1cc(Cl)ccc1Cl. The summed E-state index contributed by atoms with van der Waals surface area (Å²) in [5, 5.41) is 1.55. The fraction of sp³-hybridized carbons (Fsp3) is 0.650. The zero-order valence-corrected chi connectivity index (χ0v) is 17.1. The van der Waals surface area contributed by atoms with Gasteiger partial charge in [-0.25, -0.2) is 0 Å². The van der Waals surface area contributed by atoms with Crippen LogP contribution in [0.1, 0.15) is 59.4 Å². The second-order valence-electron chi connectivity index (χ2n) is 6.74. The van der Waals surface area contributed by atoms with Crippen molar-refractivity contribution in [2.75, 3.05) is 6.54 Å². The highest BCUT2D eigenvalue weighted by molar-refractivity contribution is 6.33. The number of hydrogen-bond acceptors (Lipinski definition) is 1. The maximum absolute atomic E-state index is 11.7. The average Bonchev–Trinajstić information content (AvgIpc) is 2.98. The Morgan fingerprint density at radius 3 is 2.33 bits per heavy atom. The molecule has 1 aliphatic heterocycles. The highest BCUT2D eigenvalue weighted by atomic mass is 35.5. The van der Waals surface area contributed by atoms with Crippen LogP contribution in [0.2, 0.25) is 10.0 Å². The van der Waals surface area contributed by atoms with Crippen LogP contribution < -0.4 is 0 Å². The minimum Gasteiger partial charge on any atom is -0.340 e. The van der Waals surface area contributed by atoms with Crippen molar-refractivity contribution in [2.45, 2.75) is 66.3 Å². The molecule has 1 saturated heterocycles. The molecule has 0 aromatic heterocycles. The summed E-state index contributed by atoms with van der Waals surface area (Å²) in [5.41, 5.74) is 1.11. The van der Waals surface area contributed by atoms with Gasteiger partial charge in [0.05, 0.1) is 0 Å². The summed E-state index contributed by atoms with van der Waals surface area (Å²) in [6.07, 6.45) is 3.96. The van der Waals surface area contributed by atoms with Crippen molar-refractivity contribution in [3.63, 3.8) is 0 Å². The molecule has 1 heterocycles. The summed E-state index contributed by atoms with van der Waals surface area (Å²) in [6.45, 7) is 11.8. The van der Waals surface area contributed by atoms with E-state index in [9.17, 15) is 4.79 Å². The monoisotopic (exact) mass is 371 g/mol. The number of hydrogen-bond donors (Lipinski definition) is 0. The first kappa shape index (κ1) is 21.3. The number of carbonyl (C=O) groups excluding carboxylic acids is 1. The first-order valence-electron chi connectivity index (χ1n) is 9.07. The van der Waals surface area contributed by atoms with E-state index in [1.165, 1.54) is 6.42 Å². The largest absolute Gasteiger partial charge is 0.340 e. The molecule has 0 spiro atoms. The summed E-state index contributed by atoms with van der Waals surface area (Å²) in [4.78, 5) is 13.8. The molecule has 0 bridgehead atoms. The standard InChI is InChI=1S/C12H23NO.C8H8Cl2/c1-5-9(3)11-7-12(14)13(8-11)10(4)6-2;1-2-6-5-7(9)3-4-8(6)10/h9-11H,5-8H2,1-4H3;3-5H,2H2,1H3. The topological polar surface area (TPSA) is 20.3 Å². The van der Waals surface area contributed by atoms with E-state index in [-0.39, 0.29) is 0 Å². The second kappa shape index (κ2) is 10.3. The Morgan fingerprint density at radius 1 is 1.17 bits per heavy atom. The molecule has 1 aromatic carbocycles. The lowest BCUT2D eigenvalue weighted by atomic mass is 9.91. The number of halogens is 2. The first-order chi connectivity index (χ1) is 11.3. The summed E-state index contributed by atoms with van der Waals surface area (Å²) in [7, 11) is 0. The van der Waals surface area contributed by atoms with Crippen LogP contribution in [0.4, 0.5) is 0 Å². The molecule has 0 saturated carbocycles. The van der Waals surface area contributed by atoms with E-state index >= 15 is 0 Å². The molecule has 1 amide bonds. The van der Waals surface area contributed by atoms with Crippen molar-refractivity contribution in [3.05, 3.63) is 33.8 Å². The van der Waals surface area contributed by atoms with E-state index in [1.807, 2.05) is 12.1 Å². The molecule has 24 heavy (non-hydrogen) atoms. The van der Waals surface area contributed by atoms with Crippen LogP contribution in [0.5, 0.6) is 0 Å². The second-order valence-corrected chi connectivity index (χ2v) is 7.59. The van der Waals surface area contributed by atoms with Gasteiger partial charge in [0.2, 0.25) is 5.91 Å². The van der Waals surface area contributed by atoms with Crippen molar-refractivity contribution in [3.8, 4) is 0 Å². The van der Waals surface area contributed by atoms with Crippen LogP contribution >= 0.6 is 23.2 Å². The Morgan fingerprint density at radius 2 is 1.83 bits per heavy atom. The quantitative estimate of drug-likeness (QED) is 0.599. The maximum atomic E-state index is 11.7. The van der Waals surface area contributed by atoms with Gasteiger partial charge in [-0.3, -0.25) is 4.79 Å². The van der Waals surface area contributed by atoms with Crippen LogP contribution in [0, 0.1) is 11.8 Å². The number of carbonyl (C=O) groups is 1. The number of rotatable bonds is 5. The van der Waals surface area contributed by atoms with Crippen LogP contribution in [0.25, 0.3) is 0 Å². The van der Waals surface area contributed by atoms with Gasteiger partial charge in [-0.2, -0.15) is 0 Å². The average molecular weight is 372 g/mol. The molecule has 1 aromatic rings. The molecule has 1 aliphatic rings. The summed E-state index contributed by atoms with van der Waals surface area (Å²) < 4.78 is 0. The lowest BCUT2D eigenvalue weighted by Crippen LogP contribution is -2.34. The van der Waals surface area contributed by atoms with Gasteiger partial charge in [-0.15, -0.1) is 0 Å². The number of nitrogens with zero attached hydrogens (tertiary/aromatic N) is 1. The van der Waals surface area contributed by atoms with Crippen LogP contribution in [0.3, 0.4) is 0 Å². The van der Waals surface area contributed by atoms with E-state index in [0.29, 0.717) is 23.8 Å². The van der Waals surface area contributed by atoms with Crippen LogP contribution in [-0.4, -0.2) is 23.4 Å². The van der Waals surface area contributed by atoms with Crippen molar-refractivity contribution in [1.29, 1.82) is 0 Å². The molecule has 2 nitrogen and oxygen atoms in total. The van der Waals surface area contributed by atoms with E-state index in [1.54, 1.807) is 6.07 Å². The van der Waals surface area contributed by atoms with E-state index in [4.69, 9.17) is 23.2 Å². The Bertz CT molecular complexity index is 532. The third-order valence-corrected chi connectivity index (χ3v) is 5.75. The third kappa shape index (κ3) is 5.97. The van der Waals surface area contributed by atoms with Crippen molar-refractivity contribution in [1.82, 2.24) is 4.90 Å². The van der Waals surface area contributed by atoms with Gasteiger partial charge in [0.1, 0.15) is 0 Å². The fourth-order valence-corrected chi connectivity index (χ4v) is 3.38. The minimum absolute atomic E-state index is 0.365. The predicted molar refractivity (Wildman–Crippen MR) is 105 cm³/mol. The van der Waals surface area contributed by atoms with Gasteiger partial charge < -0.3 is 4.90 Å². The van der Waals surface area contributed by atoms with Crippen molar-refractivity contribution >= 4 is 29.1 Å². The molecule has 4 heteroatoms. The third-order valence-electron chi connectivity index (χ3n) is 5.15. The fourth-order valence-electron chi connectivity index (χ4n) is 2.94. The van der Waals surface area contributed by atoms with Gasteiger partial charge in [0.15, 0.2) is 0 Å². The molecular weight excluding hydrogens is 341 g/mol. The van der Waals surface area contributed by atoms with Crippen molar-refractivity contribution < 1.29 is 4.79 Å². The van der Waals surface area contributed by atoms with Gasteiger partial charge in [-0.05, 0) is 55.4 Å². The van der Waals surface area contributed by atoms with E-state index in [2.05, 4.69) is 39.5 Å². The van der Waals surface area contributed by atoms with Gasteiger partial charge in [0.25, 0.3) is 0 Å². The van der Waals surface area contributed by atoms with E-state index in [0.717, 1.165) is 41.4 Å². The van der Waals surface area contributed by atoms with Gasteiger partial charge in [0, 0.05) is 29.1 Å². The van der Waals surface area contributed by atoms with Gasteiger partial charge in [-0.1, -0.05) is 57.3 Å². The zero-order chi connectivity index (χ0) is 18.3. The van der Waals surface area contributed by atoms with Crippen LogP contribution in [-0.2, 0) is 11.2 Å². The summed E-state index contributed by atoms with van der Waals surface area (Å²) in [5.74, 6) is 1.65. The van der Waals surface area contributed by atoms with Crippen LogP contribution in [0.15, 0.2) is 18.2 Å². The first-order valence-corrected chi connectivity index (χ1v) is 9.82. The molecule has 2 rings (SSSR count). The summed E-state index contributed by atoms with van der Waals surface area (Å²) in [6, 6.07) is 5.94. The maximum Gasteiger partial charge on any atom is 0.223 e. The smallest absolute Gasteiger partial charge is 0.223 e. The molecule has 1 fully saturated rings. The molecule has 0 N–H and O–H groups in total. The Balaban J connectivity index is 0.000000254. The highest BCUT2D eigenvalue weighted by Crippen LogP contribution is 2.28. The molecule has 136 valence electrons. The molecular formula is C20H31Cl2NO. The number of amides is 1. The number of aryl methyl sites for hydroxylation is 1.